The van der Waals surface area contributed by atoms with Gasteiger partial charge in [-0.2, -0.15) is 0 Å². The van der Waals surface area contributed by atoms with Crippen LogP contribution in [0.4, 0.5) is 0 Å². The fraction of sp³-hybridized carbons (Fsp3) is 0.500. The molecule has 0 saturated carbocycles. The largest absolute Gasteiger partial charge is 1.00 e. The summed E-state index contributed by atoms with van der Waals surface area (Å²) >= 11 is 4.74. The topological polar surface area (TPSA) is 37.3 Å². The molecule has 0 radical (unpaired) electrons. The van der Waals surface area contributed by atoms with Gasteiger partial charge in [-0.1, -0.05) is 0 Å². The second-order valence-corrected chi connectivity index (χ2v) is 0.795. The molecular formula is C2H3ClNaO2+. The molecule has 0 aliphatic rings. The molecule has 1 N–H and O–H groups in total. The van der Waals surface area contributed by atoms with Crippen molar-refractivity contribution < 1.29 is 39.5 Å². The summed E-state index contributed by atoms with van der Waals surface area (Å²) in [6.45, 7) is 0. The van der Waals surface area contributed by atoms with Crippen molar-refractivity contribution >= 4 is 17.6 Å². The third kappa shape index (κ3) is 8.83. The third-order valence-corrected chi connectivity index (χ3v) is 0.343. The standard InChI is InChI=1S/C2H3ClO2.Na/c3-1-2(4)5;/h1H2,(H,4,5);/q;+1. The van der Waals surface area contributed by atoms with Crippen molar-refractivity contribution in [2.45, 2.75) is 0 Å². The summed E-state index contributed by atoms with van der Waals surface area (Å²) in [7, 11) is 0. The van der Waals surface area contributed by atoms with Gasteiger partial charge in [0.1, 0.15) is 5.88 Å². The maximum atomic E-state index is 9.24. The van der Waals surface area contributed by atoms with Crippen LogP contribution in [0, 0.1) is 0 Å². The number of rotatable bonds is 1. The van der Waals surface area contributed by atoms with E-state index in [2.05, 4.69) is 0 Å². The van der Waals surface area contributed by atoms with Gasteiger partial charge >= 0.3 is 35.5 Å². The smallest absolute Gasteiger partial charge is 0.480 e. The second kappa shape index (κ2) is 5.76. The summed E-state index contributed by atoms with van der Waals surface area (Å²) < 4.78 is 0. The van der Waals surface area contributed by atoms with Crippen LogP contribution in [0.3, 0.4) is 0 Å². The molecule has 0 bridgehead atoms. The Kier molecular flexibility index (Phi) is 9.50. The van der Waals surface area contributed by atoms with Crippen LogP contribution in [-0.4, -0.2) is 17.0 Å². The van der Waals surface area contributed by atoms with E-state index in [1.807, 2.05) is 0 Å². The van der Waals surface area contributed by atoms with E-state index in [-0.39, 0.29) is 35.4 Å². The van der Waals surface area contributed by atoms with Crippen molar-refractivity contribution in [2.24, 2.45) is 0 Å². The molecule has 0 amide bonds. The number of aliphatic carboxylic acids is 1. The van der Waals surface area contributed by atoms with E-state index in [0.717, 1.165) is 0 Å². The molecule has 0 aromatic rings. The van der Waals surface area contributed by atoms with Crippen LogP contribution in [0.15, 0.2) is 0 Å². The quantitative estimate of drug-likeness (QED) is 0.300. The molecule has 4 heteroatoms. The Morgan fingerprint density at radius 2 is 2.00 bits per heavy atom. The Morgan fingerprint density at radius 3 is 2.00 bits per heavy atom. The summed E-state index contributed by atoms with van der Waals surface area (Å²) in [6.07, 6.45) is 0. The zero-order valence-corrected chi connectivity index (χ0v) is 6.20. The van der Waals surface area contributed by atoms with E-state index in [1.165, 1.54) is 0 Å². The van der Waals surface area contributed by atoms with Gasteiger partial charge in [-0.15, -0.1) is 11.6 Å². The van der Waals surface area contributed by atoms with Crippen LogP contribution in [0.1, 0.15) is 0 Å². The number of carbonyl (C=O) groups is 1. The minimum absolute atomic E-state index is 0. The van der Waals surface area contributed by atoms with E-state index in [0.29, 0.717) is 0 Å². The van der Waals surface area contributed by atoms with Crippen LogP contribution in [0.5, 0.6) is 0 Å². The first-order valence-electron chi connectivity index (χ1n) is 1.05. The summed E-state index contributed by atoms with van der Waals surface area (Å²) in [5.41, 5.74) is 0. The van der Waals surface area contributed by atoms with Gasteiger partial charge in [0.2, 0.25) is 0 Å². The Labute approximate surface area is 62.8 Å². The Bertz CT molecular complexity index is 46.8. The van der Waals surface area contributed by atoms with E-state index in [9.17, 15) is 4.79 Å². The van der Waals surface area contributed by atoms with Gasteiger partial charge in [0.05, 0.1) is 0 Å². The predicted octanol–water partition coefficient (Wildman–Crippen LogP) is -2.69. The minimum atomic E-state index is -0.980. The van der Waals surface area contributed by atoms with Crippen LogP contribution in [0.25, 0.3) is 0 Å². The Hall–Kier alpha value is 0.760. The van der Waals surface area contributed by atoms with Crippen molar-refractivity contribution in [2.75, 3.05) is 5.88 Å². The summed E-state index contributed by atoms with van der Waals surface area (Å²) in [6, 6.07) is 0. The van der Waals surface area contributed by atoms with Crippen LogP contribution >= 0.6 is 11.6 Å². The molecular weight excluding hydrogens is 114 g/mol. The van der Waals surface area contributed by atoms with Crippen LogP contribution in [-0.2, 0) is 4.79 Å². The molecule has 0 heterocycles. The number of alkyl halides is 1. The SMILES string of the molecule is O=C(O)CCl.[Na+]. The van der Waals surface area contributed by atoms with E-state index in [4.69, 9.17) is 16.7 Å². The molecule has 0 fully saturated rings. The number of hydrogen-bond donors (Lipinski definition) is 1. The normalized spacial score (nSPS) is 6.17. The monoisotopic (exact) mass is 117 g/mol. The van der Waals surface area contributed by atoms with Gasteiger partial charge in [0.25, 0.3) is 0 Å². The van der Waals surface area contributed by atoms with Gasteiger partial charge in [-0.25, -0.2) is 0 Å². The van der Waals surface area contributed by atoms with Crippen LogP contribution < -0.4 is 29.6 Å². The molecule has 30 valence electrons. The third-order valence-electron chi connectivity index (χ3n) is 0.114. The fourth-order valence-corrected chi connectivity index (χ4v) is 0. The predicted molar refractivity (Wildman–Crippen MR) is 18.4 cm³/mol. The van der Waals surface area contributed by atoms with E-state index < -0.39 is 5.97 Å². The summed E-state index contributed by atoms with van der Waals surface area (Å²) in [4.78, 5) is 9.24. The Balaban J connectivity index is 0. The number of carboxylic acid groups (broad SMARTS) is 1. The zero-order valence-electron chi connectivity index (χ0n) is 3.44. The molecule has 0 atom stereocenters. The van der Waals surface area contributed by atoms with Crippen molar-refractivity contribution in [1.82, 2.24) is 0 Å². The van der Waals surface area contributed by atoms with Gasteiger partial charge in [0, 0.05) is 0 Å². The molecule has 0 saturated heterocycles. The second-order valence-electron chi connectivity index (χ2n) is 0.527. The molecule has 0 spiro atoms. The maximum Gasteiger partial charge on any atom is 1.00 e. The fourth-order valence-electron chi connectivity index (χ4n) is 0. The van der Waals surface area contributed by atoms with Crippen molar-refractivity contribution in [1.29, 1.82) is 0 Å². The summed E-state index contributed by atoms with van der Waals surface area (Å²) in [5.74, 6) is -1.29. The van der Waals surface area contributed by atoms with Crippen LogP contribution in [0.2, 0.25) is 0 Å². The van der Waals surface area contributed by atoms with E-state index in [1.54, 1.807) is 0 Å². The molecule has 0 unspecified atom stereocenters. The van der Waals surface area contributed by atoms with Crippen molar-refractivity contribution in [3.8, 4) is 0 Å². The van der Waals surface area contributed by atoms with Gasteiger partial charge in [-0.05, 0) is 0 Å². The number of halogens is 1. The zero-order chi connectivity index (χ0) is 4.28. The van der Waals surface area contributed by atoms with Crippen molar-refractivity contribution in [3.63, 3.8) is 0 Å². The first-order valence-corrected chi connectivity index (χ1v) is 1.58. The molecule has 0 aromatic heterocycles. The van der Waals surface area contributed by atoms with Crippen molar-refractivity contribution in [3.05, 3.63) is 0 Å². The molecule has 0 aliphatic heterocycles. The first-order chi connectivity index (χ1) is 2.27. The molecule has 0 aliphatic carbocycles. The van der Waals surface area contributed by atoms with Gasteiger partial charge in [-0.3, -0.25) is 4.79 Å². The first kappa shape index (κ1) is 9.90. The molecule has 0 rings (SSSR count). The van der Waals surface area contributed by atoms with Gasteiger partial charge in [0.15, 0.2) is 0 Å². The summed E-state index contributed by atoms with van der Waals surface area (Å²) in [5, 5.41) is 7.59. The van der Waals surface area contributed by atoms with E-state index >= 15 is 0 Å². The molecule has 2 nitrogen and oxygen atoms in total. The number of carboxylic acids is 1. The number of hydrogen-bond acceptors (Lipinski definition) is 1. The minimum Gasteiger partial charge on any atom is -0.480 e. The average molecular weight is 117 g/mol. The average Bonchev–Trinajstić information content (AvgIpc) is 1.38. The molecule has 6 heavy (non-hydrogen) atoms. The van der Waals surface area contributed by atoms with Gasteiger partial charge < -0.3 is 5.11 Å². The molecule has 0 aromatic carbocycles. The maximum absolute atomic E-state index is 9.24. The Morgan fingerprint density at radius 1 is 1.83 bits per heavy atom.